The highest BCUT2D eigenvalue weighted by Gasteiger charge is 2.04. The molecule has 1 amide bonds. The molecule has 0 spiro atoms. The number of ether oxygens (including phenoxy) is 1. The lowest BCUT2D eigenvalue weighted by atomic mass is 10.3. The first-order chi connectivity index (χ1) is 7.34. The van der Waals surface area contributed by atoms with E-state index >= 15 is 0 Å². The van der Waals surface area contributed by atoms with Crippen molar-refractivity contribution in [2.45, 2.75) is 0 Å². The van der Waals surface area contributed by atoms with E-state index in [1.165, 1.54) is 11.3 Å². The standard InChI is InChI=1S/C11H9NO2S/c13-11(14-10-7-4-8-15-10)12-9-5-2-1-3-6-9/h1-8H,(H,12,13). The number of para-hydroxylation sites is 1. The number of carbonyl (C=O) groups is 1. The third-order valence-corrected chi connectivity index (χ3v) is 2.45. The van der Waals surface area contributed by atoms with Crippen molar-refractivity contribution in [1.29, 1.82) is 0 Å². The maximum absolute atomic E-state index is 11.4. The van der Waals surface area contributed by atoms with Crippen LogP contribution in [0.5, 0.6) is 5.06 Å². The number of carbonyl (C=O) groups excluding carboxylic acids is 1. The highest BCUT2D eigenvalue weighted by atomic mass is 32.1. The first kappa shape index (κ1) is 9.73. The summed E-state index contributed by atoms with van der Waals surface area (Å²) in [6.07, 6.45) is -0.469. The van der Waals surface area contributed by atoms with Crippen molar-refractivity contribution >= 4 is 23.1 Å². The van der Waals surface area contributed by atoms with Crippen molar-refractivity contribution in [1.82, 2.24) is 0 Å². The number of amides is 1. The van der Waals surface area contributed by atoms with E-state index in [2.05, 4.69) is 5.32 Å². The molecule has 3 nitrogen and oxygen atoms in total. The third kappa shape index (κ3) is 2.82. The summed E-state index contributed by atoms with van der Waals surface area (Å²) in [6.45, 7) is 0. The van der Waals surface area contributed by atoms with E-state index in [-0.39, 0.29) is 0 Å². The molecule has 1 aromatic carbocycles. The summed E-state index contributed by atoms with van der Waals surface area (Å²) in [6, 6.07) is 12.8. The number of benzene rings is 1. The molecule has 0 unspecified atom stereocenters. The Morgan fingerprint density at radius 2 is 1.93 bits per heavy atom. The lowest BCUT2D eigenvalue weighted by Gasteiger charge is -2.03. The summed E-state index contributed by atoms with van der Waals surface area (Å²) < 4.78 is 5.03. The fraction of sp³-hybridized carbons (Fsp3) is 0. The molecule has 2 rings (SSSR count). The SMILES string of the molecule is O=C(Nc1ccccc1)Oc1cccs1. The summed E-state index contributed by atoms with van der Waals surface area (Å²) in [5.41, 5.74) is 0.721. The van der Waals surface area contributed by atoms with Crippen LogP contribution in [-0.2, 0) is 0 Å². The van der Waals surface area contributed by atoms with Crippen LogP contribution in [0.4, 0.5) is 10.5 Å². The fourth-order valence-corrected chi connectivity index (χ4v) is 1.65. The molecule has 0 aliphatic heterocycles. The molecule has 76 valence electrons. The van der Waals surface area contributed by atoms with E-state index in [4.69, 9.17) is 4.74 Å². The maximum Gasteiger partial charge on any atom is 0.417 e. The second kappa shape index (κ2) is 4.61. The lowest BCUT2D eigenvalue weighted by Crippen LogP contribution is -2.15. The van der Waals surface area contributed by atoms with E-state index in [1.54, 1.807) is 18.2 Å². The van der Waals surface area contributed by atoms with Crippen LogP contribution >= 0.6 is 11.3 Å². The number of hydrogen-bond donors (Lipinski definition) is 1. The van der Waals surface area contributed by atoms with Crippen LogP contribution in [0.2, 0.25) is 0 Å². The Balaban J connectivity index is 1.94. The van der Waals surface area contributed by atoms with Gasteiger partial charge in [0.2, 0.25) is 0 Å². The molecule has 1 heterocycles. The van der Waals surface area contributed by atoms with Gasteiger partial charge in [0.15, 0.2) is 5.06 Å². The van der Waals surface area contributed by atoms with E-state index in [1.807, 2.05) is 29.6 Å². The van der Waals surface area contributed by atoms with Crippen LogP contribution in [0, 0.1) is 0 Å². The van der Waals surface area contributed by atoms with Gasteiger partial charge in [-0.1, -0.05) is 18.2 Å². The fourth-order valence-electron chi connectivity index (χ4n) is 1.08. The van der Waals surface area contributed by atoms with Gasteiger partial charge in [-0.15, -0.1) is 11.3 Å². The molecule has 4 heteroatoms. The van der Waals surface area contributed by atoms with Gasteiger partial charge >= 0.3 is 6.09 Å². The molecule has 2 aromatic rings. The molecule has 0 aliphatic rings. The number of anilines is 1. The van der Waals surface area contributed by atoms with Crippen molar-refractivity contribution in [2.75, 3.05) is 5.32 Å². The molecule has 0 bridgehead atoms. The van der Waals surface area contributed by atoms with Gasteiger partial charge in [0.25, 0.3) is 0 Å². The summed E-state index contributed by atoms with van der Waals surface area (Å²) >= 11 is 1.38. The molecule has 0 aliphatic carbocycles. The normalized spacial score (nSPS) is 9.60. The van der Waals surface area contributed by atoms with Crippen molar-refractivity contribution < 1.29 is 9.53 Å². The third-order valence-electron chi connectivity index (χ3n) is 1.71. The summed E-state index contributed by atoms with van der Waals surface area (Å²) in [4.78, 5) is 11.4. The molecule has 0 atom stereocenters. The Morgan fingerprint density at radius 3 is 2.60 bits per heavy atom. The quantitative estimate of drug-likeness (QED) is 0.841. The number of hydrogen-bond acceptors (Lipinski definition) is 3. The molecule has 0 fully saturated rings. The zero-order valence-electron chi connectivity index (χ0n) is 7.84. The lowest BCUT2D eigenvalue weighted by molar-refractivity contribution is 0.216. The summed E-state index contributed by atoms with van der Waals surface area (Å²) in [5, 5.41) is 5.06. The Bertz CT molecular complexity index is 425. The monoisotopic (exact) mass is 219 g/mol. The maximum atomic E-state index is 11.4. The average molecular weight is 219 g/mol. The minimum absolute atomic E-state index is 0.469. The van der Waals surface area contributed by atoms with Gasteiger partial charge < -0.3 is 4.74 Å². The molecule has 0 saturated heterocycles. The van der Waals surface area contributed by atoms with Crippen molar-refractivity contribution in [2.24, 2.45) is 0 Å². The Hall–Kier alpha value is -1.81. The van der Waals surface area contributed by atoms with Crippen LogP contribution in [0.25, 0.3) is 0 Å². The molecule has 1 aromatic heterocycles. The number of rotatable bonds is 2. The van der Waals surface area contributed by atoms with Crippen LogP contribution in [0.15, 0.2) is 47.8 Å². The molecule has 0 saturated carbocycles. The van der Waals surface area contributed by atoms with E-state index in [0.29, 0.717) is 5.06 Å². The number of nitrogens with one attached hydrogen (secondary N) is 1. The molecule has 15 heavy (non-hydrogen) atoms. The van der Waals surface area contributed by atoms with Gasteiger partial charge in [0.05, 0.1) is 0 Å². The predicted molar refractivity (Wildman–Crippen MR) is 60.4 cm³/mol. The van der Waals surface area contributed by atoms with Crippen molar-refractivity contribution in [3.8, 4) is 5.06 Å². The van der Waals surface area contributed by atoms with E-state index < -0.39 is 6.09 Å². The zero-order valence-corrected chi connectivity index (χ0v) is 8.66. The minimum Gasteiger partial charge on any atom is -0.399 e. The number of thiophene rings is 1. The zero-order chi connectivity index (χ0) is 10.5. The topological polar surface area (TPSA) is 38.3 Å². The first-order valence-corrected chi connectivity index (χ1v) is 5.30. The highest BCUT2D eigenvalue weighted by molar-refractivity contribution is 7.11. The summed E-state index contributed by atoms with van der Waals surface area (Å²) in [5.74, 6) is 0. The van der Waals surface area contributed by atoms with Gasteiger partial charge in [-0.05, 0) is 29.6 Å². The predicted octanol–water partition coefficient (Wildman–Crippen LogP) is 3.36. The van der Waals surface area contributed by atoms with Gasteiger partial charge in [-0.2, -0.15) is 0 Å². The van der Waals surface area contributed by atoms with Crippen LogP contribution in [0.1, 0.15) is 0 Å². The van der Waals surface area contributed by atoms with Crippen molar-refractivity contribution in [3.05, 3.63) is 47.8 Å². The van der Waals surface area contributed by atoms with Crippen LogP contribution in [-0.4, -0.2) is 6.09 Å². The Kier molecular flexibility index (Phi) is 2.99. The van der Waals surface area contributed by atoms with E-state index in [0.717, 1.165) is 5.69 Å². The molecular formula is C11H9NO2S. The molecular weight excluding hydrogens is 210 g/mol. The second-order valence-electron chi connectivity index (χ2n) is 2.81. The molecule has 1 N–H and O–H groups in total. The van der Waals surface area contributed by atoms with Gasteiger partial charge in [0, 0.05) is 5.69 Å². The van der Waals surface area contributed by atoms with Gasteiger partial charge in [-0.3, -0.25) is 5.32 Å². The van der Waals surface area contributed by atoms with E-state index in [9.17, 15) is 4.79 Å². The second-order valence-corrected chi connectivity index (χ2v) is 3.72. The average Bonchev–Trinajstić information content (AvgIpc) is 2.71. The smallest absolute Gasteiger partial charge is 0.399 e. The van der Waals surface area contributed by atoms with Crippen LogP contribution in [0.3, 0.4) is 0 Å². The Labute approximate surface area is 91.3 Å². The summed E-state index contributed by atoms with van der Waals surface area (Å²) in [7, 11) is 0. The van der Waals surface area contributed by atoms with Crippen molar-refractivity contribution in [3.63, 3.8) is 0 Å². The minimum atomic E-state index is -0.469. The first-order valence-electron chi connectivity index (χ1n) is 4.42. The largest absolute Gasteiger partial charge is 0.417 e. The van der Waals surface area contributed by atoms with Gasteiger partial charge in [0.1, 0.15) is 0 Å². The molecule has 0 radical (unpaired) electrons. The van der Waals surface area contributed by atoms with Gasteiger partial charge in [-0.25, -0.2) is 4.79 Å². The van der Waals surface area contributed by atoms with Crippen LogP contribution < -0.4 is 10.1 Å². The highest BCUT2D eigenvalue weighted by Crippen LogP contribution is 2.18. The Morgan fingerprint density at radius 1 is 1.13 bits per heavy atom.